The van der Waals surface area contributed by atoms with Crippen LogP contribution in [0.4, 0.5) is 0 Å². The number of benzene rings is 1. The van der Waals surface area contributed by atoms with Gasteiger partial charge in [-0.05, 0) is 37.2 Å². The van der Waals surface area contributed by atoms with Crippen molar-refractivity contribution in [2.45, 2.75) is 25.9 Å². The van der Waals surface area contributed by atoms with Crippen molar-refractivity contribution in [2.75, 3.05) is 19.6 Å². The molecule has 18 heavy (non-hydrogen) atoms. The summed E-state index contributed by atoms with van der Waals surface area (Å²) >= 11 is 0. The maximum Gasteiger partial charge on any atom is 0.248 e. The van der Waals surface area contributed by atoms with Crippen molar-refractivity contribution >= 4 is 5.91 Å². The molecule has 0 bridgehead atoms. The fourth-order valence-corrected chi connectivity index (χ4v) is 2.46. The highest BCUT2D eigenvalue weighted by atomic mass is 16.1. The Bertz CT molecular complexity index is 396. The Labute approximate surface area is 108 Å². The van der Waals surface area contributed by atoms with Crippen LogP contribution >= 0.6 is 0 Å². The lowest BCUT2D eigenvalue weighted by Crippen LogP contribution is -2.36. The molecule has 1 unspecified atom stereocenters. The number of carbonyl (C=O) groups excluding carboxylic acids is 1. The first-order valence-electron chi connectivity index (χ1n) is 6.54. The van der Waals surface area contributed by atoms with Crippen LogP contribution in [0, 0.1) is 0 Å². The summed E-state index contributed by atoms with van der Waals surface area (Å²) in [5.74, 6) is -0.367. The first-order valence-corrected chi connectivity index (χ1v) is 6.54. The van der Waals surface area contributed by atoms with Crippen LogP contribution in [0.3, 0.4) is 0 Å². The molecule has 1 fully saturated rings. The molecule has 1 atom stereocenters. The summed E-state index contributed by atoms with van der Waals surface area (Å²) in [7, 11) is 0. The summed E-state index contributed by atoms with van der Waals surface area (Å²) in [6, 6.07) is 8.22. The number of primary amides is 1. The number of nitrogens with one attached hydrogen (secondary N) is 1. The van der Waals surface area contributed by atoms with E-state index < -0.39 is 0 Å². The van der Waals surface area contributed by atoms with Gasteiger partial charge in [-0.15, -0.1) is 0 Å². The lowest BCUT2D eigenvalue weighted by molar-refractivity contribution is 0.100. The SMILES string of the molecule is CCN(Cc1ccc(C(N)=O)cc1)C1CCNC1. The molecule has 3 N–H and O–H groups in total. The third-order valence-electron chi connectivity index (χ3n) is 3.58. The zero-order valence-electron chi connectivity index (χ0n) is 10.9. The number of hydrogen-bond acceptors (Lipinski definition) is 3. The summed E-state index contributed by atoms with van der Waals surface area (Å²) in [6.45, 7) is 6.36. The standard InChI is InChI=1S/C14H21N3O/c1-2-17(13-7-8-16-9-13)10-11-3-5-12(6-4-11)14(15)18/h3-6,13,16H,2,7-10H2,1H3,(H2,15,18). The van der Waals surface area contributed by atoms with Gasteiger partial charge in [0.15, 0.2) is 0 Å². The lowest BCUT2D eigenvalue weighted by atomic mass is 10.1. The molecule has 1 saturated heterocycles. The van der Waals surface area contributed by atoms with Crippen LogP contribution < -0.4 is 11.1 Å². The maximum atomic E-state index is 11.0. The van der Waals surface area contributed by atoms with Crippen LogP contribution in [0.5, 0.6) is 0 Å². The number of rotatable bonds is 5. The van der Waals surface area contributed by atoms with E-state index in [2.05, 4.69) is 17.1 Å². The molecule has 2 rings (SSSR count). The summed E-state index contributed by atoms with van der Waals surface area (Å²) in [5, 5.41) is 3.39. The zero-order valence-corrected chi connectivity index (χ0v) is 10.9. The number of hydrogen-bond donors (Lipinski definition) is 2. The average molecular weight is 247 g/mol. The second kappa shape index (κ2) is 5.98. The minimum Gasteiger partial charge on any atom is -0.366 e. The molecule has 0 spiro atoms. The Balaban J connectivity index is 2.00. The second-order valence-corrected chi connectivity index (χ2v) is 4.77. The molecule has 1 aliphatic rings. The van der Waals surface area contributed by atoms with Crippen LogP contribution in [0.15, 0.2) is 24.3 Å². The highest BCUT2D eigenvalue weighted by Gasteiger charge is 2.20. The van der Waals surface area contributed by atoms with Crippen LogP contribution in [-0.2, 0) is 6.54 Å². The van der Waals surface area contributed by atoms with Gasteiger partial charge in [-0.2, -0.15) is 0 Å². The Hall–Kier alpha value is -1.39. The molecule has 1 aromatic carbocycles. The Morgan fingerprint density at radius 3 is 2.67 bits per heavy atom. The Kier molecular flexibility index (Phi) is 4.33. The molecule has 1 aliphatic heterocycles. The van der Waals surface area contributed by atoms with Gasteiger partial charge in [0.1, 0.15) is 0 Å². The van der Waals surface area contributed by atoms with Gasteiger partial charge in [-0.25, -0.2) is 0 Å². The third kappa shape index (κ3) is 3.09. The molecular weight excluding hydrogens is 226 g/mol. The molecule has 0 aliphatic carbocycles. The quantitative estimate of drug-likeness (QED) is 0.815. The molecule has 0 saturated carbocycles. The smallest absolute Gasteiger partial charge is 0.248 e. The predicted molar refractivity (Wildman–Crippen MR) is 72.3 cm³/mol. The van der Waals surface area contributed by atoms with E-state index in [0.717, 1.165) is 26.2 Å². The summed E-state index contributed by atoms with van der Waals surface area (Å²) in [4.78, 5) is 13.5. The summed E-state index contributed by atoms with van der Waals surface area (Å²) in [5.41, 5.74) is 7.04. The molecule has 0 radical (unpaired) electrons. The van der Waals surface area contributed by atoms with Gasteiger partial charge in [0.2, 0.25) is 5.91 Å². The van der Waals surface area contributed by atoms with Crippen LogP contribution in [0.2, 0.25) is 0 Å². The Morgan fingerprint density at radius 2 is 2.17 bits per heavy atom. The van der Waals surface area contributed by atoms with Crippen molar-refractivity contribution in [3.05, 3.63) is 35.4 Å². The first-order chi connectivity index (χ1) is 8.70. The number of nitrogens with zero attached hydrogens (tertiary/aromatic N) is 1. The fraction of sp³-hybridized carbons (Fsp3) is 0.500. The van der Waals surface area contributed by atoms with E-state index in [4.69, 9.17) is 5.73 Å². The molecule has 1 heterocycles. The third-order valence-corrected chi connectivity index (χ3v) is 3.58. The van der Waals surface area contributed by atoms with E-state index in [-0.39, 0.29) is 5.91 Å². The van der Waals surface area contributed by atoms with E-state index in [1.807, 2.05) is 12.1 Å². The molecule has 0 aromatic heterocycles. The maximum absolute atomic E-state index is 11.0. The van der Waals surface area contributed by atoms with Crippen LogP contribution in [-0.4, -0.2) is 36.5 Å². The van der Waals surface area contributed by atoms with Crippen molar-refractivity contribution in [2.24, 2.45) is 5.73 Å². The van der Waals surface area contributed by atoms with E-state index in [9.17, 15) is 4.79 Å². The monoisotopic (exact) mass is 247 g/mol. The molecule has 4 nitrogen and oxygen atoms in total. The predicted octanol–water partition coefficient (Wildman–Crippen LogP) is 0.969. The first kappa shape index (κ1) is 13.1. The van der Waals surface area contributed by atoms with Crippen molar-refractivity contribution < 1.29 is 4.79 Å². The highest BCUT2D eigenvalue weighted by Crippen LogP contribution is 2.13. The van der Waals surface area contributed by atoms with Crippen LogP contribution in [0.25, 0.3) is 0 Å². The average Bonchev–Trinajstić information content (AvgIpc) is 2.90. The number of likely N-dealkylation sites (N-methyl/N-ethyl adjacent to an activating group) is 1. The topological polar surface area (TPSA) is 58.4 Å². The summed E-state index contributed by atoms with van der Waals surface area (Å²) < 4.78 is 0. The normalized spacial score (nSPS) is 19.3. The molecule has 4 heteroatoms. The van der Waals surface area contributed by atoms with E-state index in [0.29, 0.717) is 11.6 Å². The fourth-order valence-electron chi connectivity index (χ4n) is 2.46. The zero-order chi connectivity index (χ0) is 13.0. The van der Waals surface area contributed by atoms with Gasteiger partial charge in [0, 0.05) is 24.7 Å². The minimum atomic E-state index is -0.367. The van der Waals surface area contributed by atoms with Gasteiger partial charge in [-0.3, -0.25) is 9.69 Å². The lowest BCUT2D eigenvalue weighted by Gasteiger charge is -2.26. The minimum absolute atomic E-state index is 0.367. The van der Waals surface area contributed by atoms with Crippen molar-refractivity contribution in [3.8, 4) is 0 Å². The second-order valence-electron chi connectivity index (χ2n) is 4.77. The molecule has 1 aromatic rings. The number of nitrogens with two attached hydrogens (primary N) is 1. The largest absolute Gasteiger partial charge is 0.366 e. The van der Waals surface area contributed by atoms with Gasteiger partial charge < -0.3 is 11.1 Å². The van der Waals surface area contributed by atoms with Crippen molar-refractivity contribution in [3.63, 3.8) is 0 Å². The van der Waals surface area contributed by atoms with Gasteiger partial charge in [-0.1, -0.05) is 19.1 Å². The number of carbonyl (C=O) groups is 1. The highest BCUT2D eigenvalue weighted by molar-refractivity contribution is 5.92. The molecular formula is C14H21N3O. The van der Waals surface area contributed by atoms with E-state index in [1.165, 1.54) is 12.0 Å². The molecule has 98 valence electrons. The van der Waals surface area contributed by atoms with Crippen molar-refractivity contribution in [1.29, 1.82) is 0 Å². The van der Waals surface area contributed by atoms with E-state index in [1.54, 1.807) is 12.1 Å². The molecule has 1 amide bonds. The Morgan fingerprint density at radius 1 is 1.44 bits per heavy atom. The summed E-state index contributed by atoms with van der Waals surface area (Å²) in [6.07, 6.45) is 1.22. The van der Waals surface area contributed by atoms with Gasteiger partial charge in [0.25, 0.3) is 0 Å². The van der Waals surface area contributed by atoms with Crippen molar-refractivity contribution in [1.82, 2.24) is 10.2 Å². The van der Waals surface area contributed by atoms with Gasteiger partial charge >= 0.3 is 0 Å². The number of amides is 1. The van der Waals surface area contributed by atoms with Crippen LogP contribution in [0.1, 0.15) is 29.3 Å². The van der Waals surface area contributed by atoms with E-state index >= 15 is 0 Å². The van der Waals surface area contributed by atoms with Gasteiger partial charge in [0.05, 0.1) is 0 Å².